The maximum Gasteiger partial charge on any atom is 0.328 e. The van der Waals surface area contributed by atoms with Crippen LogP contribution in [0, 0.1) is 12.8 Å². The van der Waals surface area contributed by atoms with Gasteiger partial charge in [0.25, 0.3) is 0 Å². The zero-order valence-electron chi connectivity index (χ0n) is 23.8. The highest BCUT2D eigenvalue weighted by Gasteiger charge is 2.27. The average Bonchev–Trinajstić information content (AvgIpc) is 2.99. The summed E-state index contributed by atoms with van der Waals surface area (Å²) in [5, 5.41) is 2.42. The number of hydrogen-bond donors (Lipinski definition) is 2. The monoisotopic (exact) mass is 553 g/mol. The largest absolute Gasteiger partial charge is 0.384 e. The zero-order chi connectivity index (χ0) is 28.3. The van der Waals surface area contributed by atoms with E-state index in [0.29, 0.717) is 18.8 Å². The quantitative estimate of drug-likeness (QED) is 0.474. The van der Waals surface area contributed by atoms with Crippen molar-refractivity contribution < 1.29 is 9.59 Å². The van der Waals surface area contributed by atoms with Gasteiger partial charge >= 0.3 is 6.03 Å². The van der Waals surface area contributed by atoms with Gasteiger partial charge in [-0.1, -0.05) is 12.1 Å². The van der Waals surface area contributed by atoms with Crippen LogP contribution in [-0.2, 0) is 4.79 Å². The molecule has 0 unspecified atom stereocenters. The highest BCUT2D eigenvalue weighted by atomic mass is 16.2. The molecule has 3 amide bonds. The molecule has 3 aromatic rings. The zero-order valence-corrected chi connectivity index (χ0v) is 23.8. The van der Waals surface area contributed by atoms with Crippen LogP contribution in [0.3, 0.4) is 0 Å². The number of nitrogens with one attached hydrogen (secondary N) is 1. The minimum absolute atomic E-state index is 0.205. The van der Waals surface area contributed by atoms with E-state index in [1.54, 1.807) is 4.90 Å². The first-order chi connectivity index (χ1) is 19.9. The molecular formula is C32H39N7O2. The molecule has 1 aromatic heterocycles. The lowest BCUT2D eigenvalue weighted by molar-refractivity contribution is -0.120. The lowest BCUT2D eigenvalue weighted by Gasteiger charge is -2.40. The number of rotatable bonds is 6. The Labute approximate surface area is 241 Å². The number of aromatic nitrogens is 1. The van der Waals surface area contributed by atoms with Crippen molar-refractivity contribution in [3.05, 3.63) is 66.4 Å². The van der Waals surface area contributed by atoms with Crippen molar-refractivity contribution in [1.82, 2.24) is 15.2 Å². The van der Waals surface area contributed by atoms with E-state index in [0.717, 1.165) is 67.6 Å². The highest BCUT2D eigenvalue weighted by Crippen LogP contribution is 2.30. The van der Waals surface area contributed by atoms with Gasteiger partial charge in [-0.3, -0.25) is 19.9 Å². The van der Waals surface area contributed by atoms with Crippen LogP contribution in [-0.4, -0.2) is 74.2 Å². The summed E-state index contributed by atoms with van der Waals surface area (Å²) in [6.07, 6.45) is 4.55. The first-order valence-electron chi connectivity index (χ1n) is 14.7. The predicted octanol–water partition coefficient (Wildman–Crippen LogP) is 4.12. The lowest BCUT2D eigenvalue weighted by Crippen LogP contribution is -2.49. The predicted molar refractivity (Wildman–Crippen MR) is 164 cm³/mol. The number of nitrogens with zero attached hydrogens (tertiary/aromatic N) is 5. The van der Waals surface area contributed by atoms with Crippen LogP contribution in [0.4, 0.5) is 27.7 Å². The fraction of sp³-hybridized carbons (Fsp3) is 0.406. The molecule has 214 valence electrons. The Kier molecular flexibility index (Phi) is 7.78. The van der Waals surface area contributed by atoms with Gasteiger partial charge in [0.15, 0.2) is 0 Å². The van der Waals surface area contributed by atoms with Crippen LogP contribution >= 0.6 is 0 Å². The fourth-order valence-electron chi connectivity index (χ4n) is 6.30. The molecule has 9 nitrogen and oxygen atoms in total. The van der Waals surface area contributed by atoms with Crippen molar-refractivity contribution in [3.63, 3.8) is 0 Å². The van der Waals surface area contributed by atoms with Crippen molar-refractivity contribution in [2.45, 2.75) is 26.2 Å². The van der Waals surface area contributed by atoms with Crippen molar-refractivity contribution >= 4 is 34.8 Å². The van der Waals surface area contributed by atoms with Gasteiger partial charge in [-0.25, -0.2) is 9.78 Å². The number of nitrogens with two attached hydrogens (primary N) is 1. The number of imide groups is 1. The SMILES string of the molecule is Cc1cc(N2CCC(CN3CCN(c4ccc(-c5ccc(N)nc5)cc4)CC3)CC2)ccc1N1CCC(=O)NC1=O. The van der Waals surface area contributed by atoms with Gasteiger partial charge in [0.05, 0.1) is 0 Å². The number of hydrogen-bond acceptors (Lipinski definition) is 7. The second-order valence-corrected chi connectivity index (χ2v) is 11.5. The number of benzene rings is 2. The number of piperazine rings is 1. The van der Waals surface area contributed by atoms with Gasteiger partial charge in [0, 0.05) is 87.6 Å². The third-order valence-electron chi connectivity index (χ3n) is 8.75. The minimum atomic E-state index is -0.330. The Balaban J connectivity index is 0.964. The van der Waals surface area contributed by atoms with E-state index in [1.807, 2.05) is 31.3 Å². The van der Waals surface area contributed by atoms with Crippen molar-refractivity contribution in [1.29, 1.82) is 0 Å². The molecule has 0 bridgehead atoms. The van der Waals surface area contributed by atoms with E-state index in [2.05, 4.69) is 61.4 Å². The molecule has 4 heterocycles. The number of pyridine rings is 1. The number of amides is 3. The molecule has 3 saturated heterocycles. The molecule has 3 fully saturated rings. The van der Waals surface area contributed by atoms with Crippen LogP contribution < -0.4 is 25.8 Å². The molecule has 2 aromatic carbocycles. The molecule has 3 aliphatic heterocycles. The molecule has 41 heavy (non-hydrogen) atoms. The Morgan fingerprint density at radius 3 is 2.17 bits per heavy atom. The topological polar surface area (TPSA) is 98.0 Å². The molecule has 3 N–H and O–H groups in total. The lowest BCUT2D eigenvalue weighted by atomic mass is 9.95. The van der Waals surface area contributed by atoms with Crippen LogP contribution in [0.25, 0.3) is 11.1 Å². The molecule has 9 heteroatoms. The molecular weight excluding hydrogens is 514 g/mol. The Morgan fingerprint density at radius 1 is 0.829 bits per heavy atom. The van der Waals surface area contributed by atoms with E-state index < -0.39 is 0 Å². The number of urea groups is 1. The van der Waals surface area contributed by atoms with Gasteiger partial charge in [-0.05, 0) is 79.3 Å². The Bertz CT molecular complexity index is 1380. The molecule has 0 spiro atoms. The molecule has 6 rings (SSSR count). The number of aryl methyl sites for hydroxylation is 1. The summed E-state index contributed by atoms with van der Waals surface area (Å²) in [5.74, 6) is 1.06. The van der Waals surface area contributed by atoms with Gasteiger partial charge in [0.1, 0.15) is 5.82 Å². The molecule has 0 atom stereocenters. The standard InChI is InChI=1S/C32H39N7O2/c1-23-20-28(7-8-29(23)39-15-12-31(40)35-32(39)41)37-13-10-24(11-14-37)22-36-16-18-38(19-17-36)27-5-2-25(3-6-27)26-4-9-30(33)34-21-26/h2-9,20-21,24H,10-19,22H2,1H3,(H2,33,34)(H,35,40,41). The first-order valence-corrected chi connectivity index (χ1v) is 14.7. The third-order valence-corrected chi connectivity index (χ3v) is 8.75. The van der Waals surface area contributed by atoms with E-state index in [1.165, 1.54) is 30.8 Å². The summed E-state index contributed by atoms with van der Waals surface area (Å²) in [5.41, 5.74) is 12.4. The normalized spacial score (nSPS) is 19.0. The molecule has 0 radical (unpaired) electrons. The summed E-state index contributed by atoms with van der Waals surface area (Å²) in [6, 6.07) is 18.6. The molecule has 3 aliphatic rings. The third kappa shape index (κ3) is 6.15. The minimum Gasteiger partial charge on any atom is -0.384 e. The number of anilines is 4. The summed E-state index contributed by atoms with van der Waals surface area (Å²) in [7, 11) is 0. The maximum atomic E-state index is 12.3. The average molecular weight is 554 g/mol. The van der Waals surface area contributed by atoms with Crippen molar-refractivity contribution in [2.24, 2.45) is 5.92 Å². The van der Waals surface area contributed by atoms with E-state index in [9.17, 15) is 9.59 Å². The number of carbonyl (C=O) groups is 2. The summed E-state index contributed by atoms with van der Waals surface area (Å²) < 4.78 is 0. The Hall–Kier alpha value is -4.11. The molecule has 0 aliphatic carbocycles. The molecule has 0 saturated carbocycles. The summed E-state index contributed by atoms with van der Waals surface area (Å²) in [6.45, 7) is 10.1. The van der Waals surface area contributed by atoms with Crippen molar-refractivity contribution in [2.75, 3.05) is 72.8 Å². The van der Waals surface area contributed by atoms with Crippen molar-refractivity contribution in [3.8, 4) is 11.1 Å². The second kappa shape index (κ2) is 11.8. The smallest absolute Gasteiger partial charge is 0.328 e. The second-order valence-electron chi connectivity index (χ2n) is 11.5. The number of carbonyl (C=O) groups excluding carboxylic acids is 2. The van der Waals surface area contributed by atoms with E-state index >= 15 is 0 Å². The van der Waals surface area contributed by atoms with Crippen LogP contribution in [0.2, 0.25) is 0 Å². The number of piperidine rings is 1. The van der Waals surface area contributed by atoms with Gasteiger partial charge in [0.2, 0.25) is 5.91 Å². The summed E-state index contributed by atoms with van der Waals surface area (Å²) >= 11 is 0. The van der Waals surface area contributed by atoms with E-state index in [4.69, 9.17) is 5.73 Å². The highest BCUT2D eigenvalue weighted by molar-refractivity contribution is 6.06. The summed E-state index contributed by atoms with van der Waals surface area (Å²) in [4.78, 5) is 37.2. The Morgan fingerprint density at radius 2 is 1.51 bits per heavy atom. The van der Waals surface area contributed by atoms with Crippen LogP contribution in [0.1, 0.15) is 24.8 Å². The van der Waals surface area contributed by atoms with E-state index in [-0.39, 0.29) is 11.9 Å². The van der Waals surface area contributed by atoms with Gasteiger partial charge < -0.3 is 15.5 Å². The number of nitrogen functional groups attached to an aromatic ring is 1. The van der Waals surface area contributed by atoms with Crippen LogP contribution in [0.15, 0.2) is 60.8 Å². The maximum absolute atomic E-state index is 12.3. The van der Waals surface area contributed by atoms with Gasteiger partial charge in [-0.2, -0.15) is 0 Å². The van der Waals surface area contributed by atoms with Gasteiger partial charge in [-0.15, -0.1) is 0 Å². The van der Waals surface area contributed by atoms with Crippen LogP contribution in [0.5, 0.6) is 0 Å². The first kappa shape index (κ1) is 27.1. The fourth-order valence-corrected chi connectivity index (χ4v) is 6.30.